The van der Waals surface area contributed by atoms with Crippen molar-refractivity contribution in [2.24, 2.45) is 12.0 Å². The number of halogens is 1. The summed E-state index contributed by atoms with van der Waals surface area (Å²) < 4.78 is 1.80. The zero-order valence-corrected chi connectivity index (χ0v) is 19.9. The molecule has 0 aliphatic heterocycles. The smallest absolute Gasteiger partial charge is 0.191 e. The van der Waals surface area contributed by atoms with Crippen LogP contribution in [-0.2, 0) is 18.9 Å². The molecular weight excluding hydrogens is 465 g/mol. The highest BCUT2D eigenvalue weighted by Crippen LogP contribution is 2.24. The zero-order valence-electron chi connectivity index (χ0n) is 17.6. The lowest BCUT2D eigenvalue weighted by atomic mass is 9.86. The molecule has 3 N–H and O–H groups in total. The minimum Gasteiger partial charge on any atom is -0.386 e. The van der Waals surface area contributed by atoms with Crippen molar-refractivity contribution in [1.29, 1.82) is 0 Å². The second-order valence-electron chi connectivity index (χ2n) is 7.81. The average molecular weight is 499 g/mol. The first-order valence-corrected chi connectivity index (χ1v) is 9.58. The number of aromatic nitrogens is 2. The molecule has 1 aromatic carbocycles. The van der Waals surface area contributed by atoms with Crippen LogP contribution in [0.25, 0.3) is 0 Å². The average Bonchev–Trinajstić information content (AvgIpc) is 3.04. The molecule has 1 atom stereocenters. The molecule has 0 amide bonds. The van der Waals surface area contributed by atoms with Gasteiger partial charge in [0.05, 0.1) is 18.8 Å². The monoisotopic (exact) mass is 499 g/mol. The molecule has 6 nitrogen and oxygen atoms in total. The maximum Gasteiger partial charge on any atom is 0.191 e. The third-order valence-corrected chi connectivity index (χ3v) is 4.39. The van der Waals surface area contributed by atoms with Crippen LogP contribution in [0, 0.1) is 0 Å². The Balaban J connectivity index is 0.00000392. The summed E-state index contributed by atoms with van der Waals surface area (Å²) in [5, 5.41) is 21.2. The number of aliphatic imine (C=N–C) groups is 1. The van der Waals surface area contributed by atoms with Gasteiger partial charge in [-0.25, -0.2) is 0 Å². The molecule has 28 heavy (non-hydrogen) atoms. The number of guanidine groups is 1. The van der Waals surface area contributed by atoms with Gasteiger partial charge in [-0.15, -0.1) is 24.0 Å². The SMILES string of the molecule is CCNC(=NCC(O)c1ccc(C(C)(C)C)cc1)NCCc1cnn(C)c1.I. The maximum absolute atomic E-state index is 10.5. The van der Waals surface area contributed by atoms with Gasteiger partial charge in [-0.05, 0) is 35.4 Å². The van der Waals surface area contributed by atoms with Crippen molar-refractivity contribution in [3.05, 3.63) is 53.3 Å². The molecule has 156 valence electrons. The third-order valence-electron chi connectivity index (χ3n) is 4.39. The topological polar surface area (TPSA) is 74.5 Å². The van der Waals surface area contributed by atoms with E-state index in [1.807, 2.05) is 38.5 Å². The highest BCUT2D eigenvalue weighted by molar-refractivity contribution is 14.0. The number of hydrogen-bond acceptors (Lipinski definition) is 3. The number of hydrogen-bond donors (Lipinski definition) is 3. The minimum atomic E-state index is -0.618. The number of aliphatic hydroxyl groups excluding tert-OH is 1. The van der Waals surface area contributed by atoms with E-state index >= 15 is 0 Å². The molecule has 0 bridgehead atoms. The normalized spacial score (nSPS) is 13.0. The molecule has 1 aromatic heterocycles. The van der Waals surface area contributed by atoms with Crippen molar-refractivity contribution in [2.45, 2.75) is 45.6 Å². The van der Waals surface area contributed by atoms with Crippen molar-refractivity contribution in [1.82, 2.24) is 20.4 Å². The van der Waals surface area contributed by atoms with E-state index in [1.165, 1.54) is 11.1 Å². The van der Waals surface area contributed by atoms with Crippen LogP contribution in [0.5, 0.6) is 0 Å². The van der Waals surface area contributed by atoms with Gasteiger partial charge in [0.1, 0.15) is 0 Å². The molecule has 0 saturated carbocycles. The first kappa shape index (κ1) is 24.4. The molecule has 0 radical (unpaired) electrons. The van der Waals surface area contributed by atoms with Crippen LogP contribution >= 0.6 is 24.0 Å². The second kappa shape index (κ2) is 11.4. The predicted molar refractivity (Wildman–Crippen MR) is 126 cm³/mol. The van der Waals surface area contributed by atoms with E-state index in [4.69, 9.17) is 0 Å². The zero-order chi connectivity index (χ0) is 19.9. The maximum atomic E-state index is 10.5. The van der Waals surface area contributed by atoms with Gasteiger partial charge in [0, 0.05) is 26.3 Å². The van der Waals surface area contributed by atoms with Crippen molar-refractivity contribution in [2.75, 3.05) is 19.6 Å². The molecule has 1 heterocycles. The van der Waals surface area contributed by atoms with Crippen LogP contribution in [0.4, 0.5) is 0 Å². The van der Waals surface area contributed by atoms with Gasteiger partial charge >= 0.3 is 0 Å². The third kappa shape index (κ3) is 7.79. The number of rotatable bonds is 7. The summed E-state index contributed by atoms with van der Waals surface area (Å²) in [6.07, 6.45) is 4.13. The molecular formula is C21H34IN5O. The lowest BCUT2D eigenvalue weighted by Crippen LogP contribution is -2.38. The summed E-state index contributed by atoms with van der Waals surface area (Å²) in [4.78, 5) is 4.52. The number of nitrogens with one attached hydrogen (secondary N) is 2. The summed E-state index contributed by atoms with van der Waals surface area (Å²) in [5.74, 6) is 0.715. The molecule has 0 spiro atoms. The van der Waals surface area contributed by atoms with E-state index in [9.17, 15) is 5.11 Å². The van der Waals surface area contributed by atoms with E-state index in [-0.39, 0.29) is 29.4 Å². The summed E-state index contributed by atoms with van der Waals surface area (Å²) >= 11 is 0. The van der Waals surface area contributed by atoms with E-state index in [2.05, 4.69) is 53.6 Å². The van der Waals surface area contributed by atoms with Crippen LogP contribution < -0.4 is 10.6 Å². The quantitative estimate of drug-likeness (QED) is 0.311. The molecule has 1 unspecified atom stereocenters. The van der Waals surface area contributed by atoms with Crippen molar-refractivity contribution < 1.29 is 5.11 Å². The summed E-state index contributed by atoms with van der Waals surface area (Å²) in [5.41, 5.74) is 3.43. The van der Waals surface area contributed by atoms with Gasteiger partial charge < -0.3 is 15.7 Å². The van der Waals surface area contributed by atoms with Gasteiger partial charge in [-0.1, -0.05) is 45.0 Å². The molecule has 2 aromatic rings. The van der Waals surface area contributed by atoms with E-state index < -0.39 is 6.10 Å². The second-order valence-corrected chi connectivity index (χ2v) is 7.81. The Morgan fingerprint density at radius 3 is 2.43 bits per heavy atom. The van der Waals surface area contributed by atoms with Gasteiger partial charge in [0.25, 0.3) is 0 Å². The fraction of sp³-hybridized carbons (Fsp3) is 0.524. The standard InChI is InChI=1S/C21H33N5O.HI/c1-6-22-20(23-12-11-16-13-25-26(5)15-16)24-14-19(27)17-7-9-18(10-8-17)21(2,3)4;/h7-10,13,15,19,27H,6,11-12,14H2,1-5H3,(H2,22,23,24);1H. The number of aliphatic hydroxyl groups is 1. The van der Waals surface area contributed by atoms with Crippen LogP contribution in [0.3, 0.4) is 0 Å². The van der Waals surface area contributed by atoms with Gasteiger partial charge in [-0.2, -0.15) is 5.10 Å². The Hall–Kier alpha value is -1.61. The lowest BCUT2D eigenvalue weighted by molar-refractivity contribution is 0.187. The molecule has 0 aliphatic carbocycles. The minimum absolute atomic E-state index is 0. The Labute approximate surface area is 185 Å². The fourth-order valence-corrected chi connectivity index (χ4v) is 2.76. The van der Waals surface area contributed by atoms with Gasteiger partial charge in [-0.3, -0.25) is 9.67 Å². The number of nitrogens with zero attached hydrogens (tertiary/aromatic N) is 3. The molecule has 7 heteroatoms. The van der Waals surface area contributed by atoms with E-state index in [0.717, 1.165) is 25.1 Å². The first-order valence-electron chi connectivity index (χ1n) is 9.58. The van der Waals surface area contributed by atoms with Crippen molar-refractivity contribution in [3.8, 4) is 0 Å². The number of benzene rings is 1. The highest BCUT2D eigenvalue weighted by atomic mass is 127. The Morgan fingerprint density at radius 1 is 1.21 bits per heavy atom. The Bertz CT molecular complexity index is 734. The van der Waals surface area contributed by atoms with Crippen LogP contribution in [0.2, 0.25) is 0 Å². The Morgan fingerprint density at radius 2 is 1.89 bits per heavy atom. The van der Waals surface area contributed by atoms with Crippen LogP contribution in [0.1, 0.15) is 50.5 Å². The van der Waals surface area contributed by atoms with E-state index in [0.29, 0.717) is 12.5 Å². The summed E-state index contributed by atoms with van der Waals surface area (Å²) in [6, 6.07) is 8.15. The van der Waals surface area contributed by atoms with E-state index in [1.54, 1.807) is 4.68 Å². The molecule has 0 aliphatic rings. The first-order chi connectivity index (χ1) is 12.8. The highest BCUT2D eigenvalue weighted by Gasteiger charge is 2.14. The van der Waals surface area contributed by atoms with Crippen LogP contribution in [-0.4, -0.2) is 40.5 Å². The predicted octanol–water partition coefficient (Wildman–Crippen LogP) is 3.17. The molecule has 2 rings (SSSR count). The van der Waals surface area contributed by atoms with Crippen LogP contribution in [0.15, 0.2) is 41.7 Å². The Kier molecular flexibility index (Phi) is 9.95. The molecule has 0 fully saturated rings. The summed E-state index contributed by atoms with van der Waals surface area (Å²) in [7, 11) is 1.91. The number of aryl methyl sites for hydroxylation is 1. The molecule has 0 saturated heterocycles. The lowest BCUT2D eigenvalue weighted by Gasteiger charge is -2.20. The summed E-state index contributed by atoms with van der Waals surface area (Å²) in [6.45, 7) is 10.4. The van der Waals surface area contributed by atoms with Gasteiger partial charge in [0.2, 0.25) is 0 Å². The fourth-order valence-electron chi connectivity index (χ4n) is 2.76. The van der Waals surface area contributed by atoms with Gasteiger partial charge in [0.15, 0.2) is 5.96 Å². The largest absolute Gasteiger partial charge is 0.386 e. The van der Waals surface area contributed by atoms with Crippen molar-refractivity contribution in [3.63, 3.8) is 0 Å². The van der Waals surface area contributed by atoms with Crippen molar-refractivity contribution >= 4 is 29.9 Å².